The minimum atomic E-state index is -0.298. The van der Waals surface area contributed by atoms with Crippen molar-refractivity contribution in [2.75, 3.05) is 0 Å². The molecule has 132 valence electrons. The average Bonchev–Trinajstić information content (AvgIpc) is 2.77. The van der Waals surface area contributed by atoms with E-state index >= 15 is 0 Å². The van der Waals surface area contributed by atoms with E-state index in [2.05, 4.69) is 13.8 Å². The number of rotatable bonds is 1. The number of esters is 1. The van der Waals surface area contributed by atoms with Crippen LogP contribution in [0.3, 0.4) is 0 Å². The van der Waals surface area contributed by atoms with Gasteiger partial charge in [0.25, 0.3) is 0 Å². The van der Waals surface area contributed by atoms with Crippen molar-refractivity contribution in [3.63, 3.8) is 0 Å². The number of hydrogen-bond acceptors (Lipinski definition) is 3. The van der Waals surface area contributed by atoms with Gasteiger partial charge in [0.2, 0.25) is 0 Å². The Balaban J connectivity index is 1.61. The molecule has 3 nitrogen and oxygen atoms in total. The molecule has 4 rings (SSSR count). The second-order valence-corrected chi connectivity index (χ2v) is 9.12. The fourth-order valence-electron chi connectivity index (χ4n) is 6.89. The summed E-state index contributed by atoms with van der Waals surface area (Å²) in [5.74, 6) is 3.00. The van der Waals surface area contributed by atoms with Gasteiger partial charge in [0.1, 0.15) is 5.60 Å². The predicted molar refractivity (Wildman–Crippen MR) is 92.3 cm³/mol. The topological polar surface area (TPSA) is 43.4 Å². The SMILES string of the molecule is CC(=O)OC1(C)CCC2C3CCC4=CC(=O)CCC4C3CCC21C. The molecule has 0 amide bonds. The van der Waals surface area contributed by atoms with E-state index in [0.717, 1.165) is 43.9 Å². The molecule has 3 heteroatoms. The third-order valence-corrected chi connectivity index (χ3v) is 8.20. The zero-order valence-electron chi connectivity index (χ0n) is 15.3. The quantitative estimate of drug-likeness (QED) is 0.667. The van der Waals surface area contributed by atoms with E-state index in [9.17, 15) is 9.59 Å². The number of ether oxygens (including phenoxy) is 1. The number of hydrogen-bond donors (Lipinski definition) is 0. The summed E-state index contributed by atoms with van der Waals surface area (Å²) in [5.41, 5.74) is 1.26. The van der Waals surface area contributed by atoms with Crippen molar-refractivity contribution >= 4 is 11.8 Å². The van der Waals surface area contributed by atoms with Gasteiger partial charge < -0.3 is 4.74 Å². The van der Waals surface area contributed by atoms with Crippen LogP contribution in [0, 0.1) is 29.1 Å². The molecule has 0 radical (unpaired) electrons. The zero-order chi connectivity index (χ0) is 17.1. The van der Waals surface area contributed by atoms with E-state index in [1.165, 1.54) is 24.8 Å². The van der Waals surface area contributed by atoms with Gasteiger partial charge in [-0.05, 0) is 81.6 Å². The van der Waals surface area contributed by atoms with Crippen molar-refractivity contribution in [1.29, 1.82) is 0 Å². The Hall–Kier alpha value is -1.12. The smallest absolute Gasteiger partial charge is 0.303 e. The predicted octanol–water partition coefficient (Wildman–Crippen LogP) is 4.45. The molecule has 3 saturated carbocycles. The zero-order valence-corrected chi connectivity index (χ0v) is 15.3. The molecule has 4 aliphatic rings. The second kappa shape index (κ2) is 5.44. The Kier molecular flexibility index (Phi) is 3.71. The van der Waals surface area contributed by atoms with Crippen LogP contribution in [0.25, 0.3) is 0 Å². The molecule has 4 aliphatic carbocycles. The molecule has 6 atom stereocenters. The van der Waals surface area contributed by atoms with Crippen LogP contribution in [-0.2, 0) is 14.3 Å². The lowest BCUT2D eigenvalue weighted by Gasteiger charge is -2.55. The Morgan fingerprint density at radius 3 is 2.62 bits per heavy atom. The molecule has 24 heavy (non-hydrogen) atoms. The lowest BCUT2D eigenvalue weighted by molar-refractivity contribution is -0.176. The summed E-state index contributed by atoms with van der Waals surface area (Å²) in [6.45, 7) is 6.09. The molecule has 0 heterocycles. The highest BCUT2D eigenvalue weighted by Gasteiger charge is 2.62. The molecule has 0 aromatic rings. The van der Waals surface area contributed by atoms with E-state index in [1.807, 2.05) is 6.08 Å². The highest BCUT2D eigenvalue weighted by molar-refractivity contribution is 5.91. The Morgan fingerprint density at radius 1 is 1.08 bits per heavy atom. The molecular formula is C21H30O3. The van der Waals surface area contributed by atoms with Crippen molar-refractivity contribution < 1.29 is 14.3 Å². The second-order valence-electron chi connectivity index (χ2n) is 9.12. The van der Waals surface area contributed by atoms with Crippen molar-refractivity contribution in [3.05, 3.63) is 11.6 Å². The summed E-state index contributed by atoms with van der Waals surface area (Å²) < 4.78 is 5.88. The van der Waals surface area contributed by atoms with Gasteiger partial charge in [-0.1, -0.05) is 12.5 Å². The number of fused-ring (bicyclic) bond motifs is 5. The molecular weight excluding hydrogens is 300 g/mol. The summed E-state index contributed by atoms with van der Waals surface area (Å²) in [6, 6.07) is 0. The maximum Gasteiger partial charge on any atom is 0.303 e. The molecule has 0 spiro atoms. The van der Waals surface area contributed by atoms with Gasteiger partial charge in [-0.3, -0.25) is 9.59 Å². The van der Waals surface area contributed by atoms with Gasteiger partial charge in [-0.2, -0.15) is 0 Å². The average molecular weight is 330 g/mol. The Morgan fingerprint density at radius 2 is 1.88 bits per heavy atom. The number of allylic oxidation sites excluding steroid dienone is 1. The van der Waals surface area contributed by atoms with E-state index in [0.29, 0.717) is 17.6 Å². The van der Waals surface area contributed by atoms with E-state index in [-0.39, 0.29) is 17.0 Å². The summed E-state index contributed by atoms with van der Waals surface area (Å²) in [5, 5.41) is 0. The van der Waals surface area contributed by atoms with Crippen molar-refractivity contribution in [2.45, 2.75) is 77.7 Å². The van der Waals surface area contributed by atoms with Crippen LogP contribution >= 0.6 is 0 Å². The van der Waals surface area contributed by atoms with Gasteiger partial charge in [0.15, 0.2) is 5.78 Å². The van der Waals surface area contributed by atoms with Crippen LogP contribution in [0.4, 0.5) is 0 Å². The van der Waals surface area contributed by atoms with Gasteiger partial charge >= 0.3 is 5.97 Å². The van der Waals surface area contributed by atoms with Gasteiger partial charge in [0.05, 0.1) is 0 Å². The van der Waals surface area contributed by atoms with Crippen LogP contribution in [0.5, 0.6) is 0 Å². The normalized spacial score (nSPS) is 47.3. The molecule has 0 aromatic heterocycles. The third-order valence-electron chi connectivity index (χ3n) is 8.20. The van der Waals surface area contributed by atoms with Crippen LogP contribution in [0.1, 0.15) is 72.1 Å². The first-order valence-corrected chi connectivity index (χ1v) is 9.77. The summed E-state index contributed by atoms with van der Waals surface area (Å²) in [6.07, 6.45) is 10.7. The highest BCUT2D eigenvalue weighted by Crippen LogP contribution is 2.65. The Bertz CT molecular complexity index is 606. The Labute approximate surface area is 145 Å². The first kappa shape index (κ1) is 16.4. The van der Waals surface area contributed by atoms with Gasteiger partial charge in [-0.15, -0.1) is 0 Å². The molecule has 0 saturated heterocycles. The van der Waals surface area contributed by atoms with Crippen LogP contribution in [0.15, 0.2) is 11.6 Å². The fraction of sp³-hybridized carbons (Fsp3) is 0.810. The first-order chi connectivity index (χ1) is 11.3. The molecule has 0 bridgehead atoms. The van der Waals surface area contributed by atoms with Crippen LogP contribution < -0.4 is 0 Å². The molecule has 6 unspecified atom stereocenters. The molecule has 3 fully saturated rings. The summed E-state index contributed by atoms with van der Waals surface area (Å²) in [4.78, 5) is 23.4. The number of carbonyl (C=O) groups excluding carboxylic acids is 2. The standard InChI is InChI=1S/C21H30O3/c1-13(22)24-21(3)11-9-19-18-6-4-14-12-15(23)5-7-16(14)17(18)8-10-20(19,21)2/h12,16-19H,4-11H2,1-3H3. The maximum atomic E-state index is 11.8. The van der Waals surface area contributed by atoms with Gasteiger partial charge in [0, 0.05) is 18.8 Å². The van der Waals surface area contributed by atoms with Crippen LogP contribution in [0.2, 0.25) is 0 Å². The van der Waals surface area contributed by atoms with Crippen molar-refractivity contribution in [1.82, 2.24) is 0 Å². The van der Waals surface area contributed by atoms with Crippen molar-refractivity contribution in [3.8, 4) is 0 Å². The highest BCUT2D eigenvalue weighted by atomic mass is 16.6. The number of ketones is 1. The first-order valence-electron chi connectivity index (χ1n) is 9.77. The number of carbonyl (C=O) groups is 2. The van der Waals surface area contributed by atoms with E-state index < -0.39 is 0 Å². The minimum Gasteiger partial charge on any atom is -0.459 e. The third kappa shape index (κ3) is 2.23. The fourth-order valence-corrected chi connectivity index (χ4v) is 6.89. The van der Waals surface area contributed by atoms with Crippen molar-refractivity contribution in [2.24, 2.45) is 29.1 Å². The van der Waals surface area contributed by atoms with E-state index in [4.69, 9.17) is 4.74 Å². The monoisotopic (exact) mass is 330 g/mol. The summed E-state index contributed by atoms with van der Waals surface area (Å²) >= 11 is 0. The largest absolute Gasteiger partial charge is 0.459 e. The molecule has 0 aliphatic heterocycles. The lowest BCUT2D eigenvalue weighted by Crippen LogP contribution is -2.53. The molecule has 0 N–H and O–H groups in total. The molecule has 0 aromatic carbocycles. The maximum absolute atomic E-state index is 11.8. The minimum absolute atomic E-state index is 0.117. The summed E-state index contributed by atoms with van der Waals surface area (Å²) in [7, 11) is 0. The van der Waals surface area contributed by atoms with E-state index in [1.54, 1.807) is 6.92 Å². The van der Waals surface area contributed by atoms with Gasteiger partial charge in [-0.25, -0.2) is 0 Å². The lowest BCUT2D eigenvalue weighted by atomic mass is 9.51. The van der Waals surface area contributed by atoms with Crippen LogP contribution in [-0.4, -0.2) is 17.4 Å².